The first-order valence-electron chi connectivity index (χ1n) is 9.29. The van der Waals surface area contributed by atoms with Gasteiger partial charge in [-0.2, -0.15) is 5.10 Å². The molecule has 28 heavy (non-hydrogen) atoms. The van der Waals surface area contributed by atoms with E-state index in [9.17, 15) is 4.79 Å². The second-order valence-electron chi connectivity index (χ2n) is 6.91. The summed E-state index contributed by atoms with van der Waals surface area (Å²) in [5.74, 6) is -0.104. The van der Waals surface area contributed by atoms with E-state index in [1.165, 1.54) is 0 Å². The molecule has 0 radical (unpaired) electrons. The first-order valence-corrected chi connectivity index (χ1v) is 9.29. The summed E-state index contributed by atoms with van der Waals surface area (Å²) >= 11 is 0. The summed E-state index contributed by atoms with van der Waals surface area (Å²) in [4.78, 5) is 17.4. The van der Waals surface area contributed by atoms with E-state index in [1.807, 2.05) is 86.1 Å². The monoisotopic (exact) mass is 370 g/mol. The van der Waals surface area contributed by atoms with E-state index in [1.54, 1.807) is 0 Å². The van der Waals surface area contributed by atoms with Crippen LogP contribution in [0, 0.1) is 20.8 Å². The first-order chi connectivity index (χ1) is 13.5. The number of pyridine rings is 1. The normalized spacial score (nSPS) is 11.0. The van der Waals surface area contributed by atoms with Gasteiger partial charge in [0.1, 0.15) is 0 Å². The highest BCUT2D eigenvalue weighted by molar-refractivity contribution is 6.06. The molecule has 0 saturated carbocycles. The summed E-state index contributed by atoms with van der Waals surface area (Å²) in [7, 11) is 0. The molecule has 0 fully saturated rings. The van der Waals surface area contributed by atoms with Gasteiger partial charge in [0.15, 0.2) is 0 Å². The SMILES string of the molecule is Cc1cc(C(=O)NCc2c(C)nn(-c3ccccc3)c2C)c2ccccc2n1. The second-order valence-corrected chi connectivity index (χ2v) is 6.91. The Morgan fingerprint density at radius 1 is 1.00 bits per heavy atom. The third-order valence-electron chi connectivity index (χ3n) is 4.96. The Labute approximate surface area is 164 Å². The highest BCUT2D eigenvalue weighted by Crippen LogP contribution is 2.20. The number of carbonyl (C=O) groups is 1. The van der Waals surface area contributed by atoms with E-state index in [0.717, 1.165) is 39.2 Å². The molecule has 2 aromatic carbocycles. The van der Waals surface area contributed by atoms with Crippen molar-refractivity contribution in [3.8, 4) is 5.69 Å². The van der Waals surface area contributed by atoms with Gasteiger partial charge in [-0.1, -0.05) is 36.4 Å². The van der Waals surface area contributed by atoms with Crippen molar-refractivity contribution < 1.29 is 4.79 Å². The lowest BCUT2D eigenvalue weighted by molar-refractivity contribution is 0.0952. The Bertz CT molecular complexity index is 1160. The zero-order valence-electron chi connectivity index (χ0n) is 16.2. The van der Waals surface area contributed by atoms with Crippen molar-refractivity contribution >= 4 is 16.8 Å². The van der Waals surface area contributed by atoms with Crippen molar-refractivity contribution in [2.24, 2.45) is 0 Å². The molecule has 0 unspecified atom stereocenters. The topological polar surface area (TPSA) is 59.8 Å². The molecule has 4 rings (SSSR count). The van der Waals surface area contributed by atoms with Crippen LogP contribution in [0.1, 0.15) is 33.0 Å². The van der Waals surface area contributed by atoms with E-state index in [0.29, 0.717) is 12.1 Å². The fourth-order valence-corrected chi connectivity index (χ4v) is 3.51. The minimum Gasteiger partial charge on any atom is -0.348 e. The molecule has 4 aromatic rings. The van der Waals surface area contributed by atoms with Gasteiger partial charge in [-0.15, -0.1) is 0 Å². The number of benzene rings is 2. The zero-order chi connectivity index (χ0) is 19.7. The average Bonchev–Trinajstić information content (AvgIpc) is 2.99. The maximum absolute atomic E-state index is 12.9. The number of carbonyl (C=O) groups excluding carboxylic acids is 1. The van der Waals surface area contributed by atoms with Crippen LogP contribution in [0.25, 0.3) is 16.6 Å². The molecule has 0 atom stereocenters. The predicted octanol–water partition coefficient (Wildman–Crippen LogP) is 4.28. The van der Waals surface area contributed by atoms with Crippen LogP contribution in [0.4, 0.5) is 0 Å². The van der Waals surface area contributed by atoms with E-state index in [-0.39, 0.29) is 5.91 Å². The van der Waals surface area contributed by atoms with Crippen LogP contribution in [-0.2, 0) is 6.54 Å². The zero-order valence-corrected chi connectivity index (χ0v) is 16.2. The van der Waals surface area contributed by atoms with Crippen molar-refractivity contribution in [2.45, 2.75) is 27.3 Å². The maximum atomic E-state index is 12.9. The minimum atomic E-state index is -0.104. The lowest BCUT2D eigenvalue weighted by Gasteiger charge is -2.10. The lowest BCUT2D eigenvalue weighted by Crippen LogP contribution is -2.24. The van der Waals surface area contributed by atoms with Gasteiger partial charge in [0.05, 0.1) is 22.5 Å². The van der Waals surface area contributed by atoms with Crippen molar-refractivity contribution in [1.29, 1.82) is 0 Å². The van der Waals surface area contributed by atoms with Crippen molar-refractivity contribution in [3.63, 3.8) is 0 Å². The fourth-order valence-electron chi connectivity index (χ4n) is 3.51. The molecule has 0 aliphatic rings. The summed E-state index contributed by atoms with van der Waals surface area (Å²) in [6.07, 6.45) is 0. The van der Waals surface area contributed by atoms with Gasteiger partial charge in [0.2, 0.25) is 0 Å². The van der Waals surface area contributed by atoms with Crippen LogP contribution in [0.2, 0.25) is 0 Å². The van der Waals surface area contributed by atoms with E-state index in [4.69, 9.17) is 0 Å². The summed E-state index contributed by atoms with van der Waals surface area (Å²) in [6, 6.07) is 19.6. The third kappa shape index (κ3) is 3.27. The molecular weight excluding hydrogens is 348 g/mol. The Morgan fingerprint density at radius 2 is 1.71 bits per heavy atom. The summed E-state index contributed by atoms with van der Waals surface area (Å²) in [6.45, 7) is 6.33. The highest BCUT2D eigenvalue weighted by Gasteiger charge is 2.16. The number of fused-ring (bicyclic) bond motifs is 1. The number of nitrogens with zero attached hydrogens (tertiary/aromatic N) is 3. The van der Waals surface area contributed by atoms with E-state index in [2.05, 4.69) is 15.4 Å². The number of hydrogen-bond acceptors (Lipinski definition) is 3. The van der Waals surface area contributed by atoms with Crippen LogP contribution in [0.15, 0.2) is 60.7 Å². The molecule has 5 heteroatoms. The Balaban J connectivity index is 1.61. The molecule has 5 nitrogen and oxygen atoms in total. The number of rotatable bonds is 4. The standard InChI is InChI=1S/C23H22N4O/c1-15-13-20(19-11-7-8-12-22(19)25-15)23(28)24-14-21-16(2)26-27(17(21)3)18-9-5-4-6-10-18/h4-13H,14H2,1-3H3,(H,24,28). The predicted molar refractivity (Wildman–Crippen MR) is 111 cm³/mol. The summed E-state index contributed by atoms with van der Waals surface area (Å²) in [5, 5.41) is 8.57. The Hall–Kier alpha value is -3.47. The molecule has 1 amide bonds. The number of aromatic nitrogens is 3. The third-order valence-corrected chi connectivity index (χ3v) is 4.96. The molecule has 1 N–H and O–H groups in total. The molecular formula is C23H22N4O. The highest BCUT2D eigenvalue weighted by atomic mass is 16.1. The maximum Gasteiger partial charge on any atom is 0.252 e. The van der Waals surface area contributed by atoms with Crippen LogP contribution in [-0.4, -0.2) is 20.7 Å². The minimum absolute atomic E-state index is 0.104. The number of amides is 1. The van der Waals surface area contributed by atoms with Gasteiger partial charge in [-0.05, 0) is 45.0 Å². The smallest absolute Gasteiger partial charge is 0.252 e. The molecule has 0 aliphatic carbocycles. The average molecular weight is 370 g/mol. The Kier molecular flexibility index (Phi) is 4.65. The summed E-state index contributed by atoms with van der Waals surface area (Å²) < 4.78 is 1.92. The number of aryl methyl sites for hydroxylation is 2. The number of para-hydroxylation sites is 2. The largest absolute Gasteiger partial charge is 0.348 e. The van der Waals surface area contributed by atoms with Crippen molar-refractivity contribution in [3.05, 3.63) is 88.9 Å². The fraction of sp³-hybridized carbons (Fsp3) is 0.174. The molecule has 0 bridgehead atoms. The van der Waals surface area contributed by atoms with Gasteiger partial charge < -0.3 is 5.32 Å². The molecule has 140 valence electrons. The first kappa shape index (κ1) is 17.9. The van der Waals surface area contributed by atoms with Gasteiger partial charge in [0.25, 0.3) is 5.91 Å². The van der Waals surface area contributed by atoms with Gasteiger partial charge in [-0.3, -0.25) is 9.78 Å². The lowest BCUT2D eigenvalue weighted by atomic mass is 10.1. The van der Waals surface area contributed by atoms with E-state index < -0.39 is 0 Å². The van der Waals surface area contributed by atoms with Gasteiger partial charge in [0, 0.05) is 28.9 Å². The van der Waals surface area contributed by atoms with Crippen molar-refractivity contribution in [1.82, 2.24) is 20.1 Å². The molecule has 2 aromatic heterocycles. The summed E-state index contributed by atoms with van der Waals surface area (Å²) in [5.41, 5.74) is 6.29. The molecule has 0 aliphatic heterocycles. The second kappa shape index (κ2) is 7.27. The van der Waals surface area contributed by atoms with Crippen LogP contribution >= 0.6 is 0 Å². The van der Waals surface area contributed by atoms with Crippen LogP contribution in [0.5, 0.6) is 0 Å². The van der Waals surface area contributed by atoms with Gasteiger partial charge in [-0.25, -0.2) is 4.68 Å². The molecule has 0 saturated heterocycles. The van der Waals surface area contributed by atoms with E-state index >= 15 is 0 Å². The molecule has 0 spiro atoms. The van der Waals surface area contributed by atoms with Gasteiger partial charge >= 0.3 is 0 Å². The van der Waals surface area contributed by atoms with Crippen molar-refractivity contribution in [2.75, 3.05) is 0 Å². The number of hydrogen-bond donors (Lipinski definition) is 1. The quantitative estimate of drug-likeness (QED) is 0.583. The molecule has 2 heterocycles. The number of nitrogens with one attached hydrogen (secondary N) is 1. The van der Waals surface area contributed by atoms with Crippen LogP contribution < -0.4 is 5.32 Å². The van der Waals surface area contributed by atoms with Crippen LogP contribution in [0.3, 0.4) is 0 Å². The Morgan fingerprint density at radius 3 is 2.50 bits per heavy atom.